The first kappa shape index (κ1) is 38.7. The Kier molecular flexibility index (Phi) is 13.3. The van der Waals surface area contributed by atoms with Crippen LogP contribution in [0.2, 0.25) is 0 Å². The molecular weight excluding hydrogens is 733 g/mol. The number of anilines is 1. The van der Waals surface area contributed by atoms with Gasteiger partial charge in [-0.3, -0.25) is 4.98 Å². The van der Waals surface area contributed by atoms with Gasteiger partial charge in [0.2, 0.25) is 0 Å². The van der Waals surface area contributed by atoms with E-state index >= 15 is 0 Å². The monoisotopic (exact) mass is 778 g/mol. The van der Waals surface area contributed by atoms with E-state index in [1.165, 1.54) is 0 Å². The molecule has 0 unspecified atom stereocenters. The molecule has 0 spiro atoms. The van der Waals surface area contributed by atoms with Crippen molar-refractivity contribution in [2.24, 2.45) is 0 Å². The molecule has 10 rings (SSSR count). The van der Waals surface area contributed by atoms with E-state index in [0.717, 1.165) is 78.5 Å². The van der Waals surface area contributed by atoms with Crippen molar-refractivity contribution in [3.8, 4) is 51.0 Å². The third-order valence-corrected chi connectivity index (χ3v) is 9.52. The Morgan fingerprint density at radius 3 is 1.47 bits per heavy atom. The maximum atomic E-state index is 5.94. The van der Waals surface area contributed by atoms with Crippen LogP contribution >= 0.6 is 0 Å². The lowest BCUT2D eigenvalue weighted by Crippen LogP contribution is -2.14. The number of aromatic nitrogens is 3. The zero-order valence-electron chi connectivity index (χ0n) is 32.3. The van der Waals surface area contributed by atoms with Crippen molar-refractivity contribution in [3.63, 3.8) is 0 Å². The van der Waals surface area contributed by atoms with Gasteiger partial charge in [-0.2, -0.15) is 0 Å². The highest BCUT2D eigenvalue weighted by Gasteiger charge is 2.10. The van der Waals surface area contributed by atoms with Crippen LogP contribution in [0.5, 0.6) is 17.2 Å². The fourth-order valence-corrected chi connectivity index (χ4v) is 6.55. The van der Waals surface area contributed by atoms with Gasteiger partial charge in [-0.15, -0.1) is 0 Å². The Balaban J connectivity index is 0.910. The number of rotatable bonds is 0. The third kappa shape index (κ3) is 10.4. The highest BCUT2D eigenvalue weighted by atomic mass is 16.6. The second-order valence-electron chi connectivity index (χ2n) is 13.5. The molecule has 0 amide bonds. The van der Waals surface area contributed by atoms with Crippen LogP contribution in [0.1, 0.15) is 0 Å². The second kappa shape index (κ2) is 19.8. The van der Waals surface area contributed by atoms with Gasteiger partial charge in [0.15, 0.2) is 0 Å². The minimum atomic E-state index is 0.417. The molecule has 58 heavy (non-hydrogen) atoms. The molecule has 0 aliphatic carbocycles. The average molecular weight is 779 g/mol. The van der Waals surface area contributed by atoms with Crippen molar-refractivity contribution in [1.82, 2.24) is 15.0 Å². The molecule has 0 saturated heterocycles. The molecule has 11 heteroatoms. The number of fused-ring (bicyclic) bond motifs is 2. The summed E-state index contributed by atoms with van der Waals surface area (Å²) in [4.78, 5) is 14.7. The molecule has 3 aliphatic rings. The third-order valence-electron chi connectivity index (χ3n) is 9.52. The van der Waals surface area contributed by atoms with E-state index in [0.29, 0.717) is 79.2 Å². The highest BCUT2D eigenvalue weighted by Crippen LogP contribution is 2.30. The predicted octanol–water partition coefficient (Wildman–Crippen LogP) is 8.51. The van der Waals surface area contributed by atoms with Crippen molar-refractivity contribution in [3.05, 3.63) is 128 Å². The SMILES string of the molecule is c1cc2cc(c1)-c1cc(ccn1)OCCOCCOCCOc1ccc(cc1)-c1ccc3ccc4ccc(nc4c3n1)-c1ccc(cc1)OCCOCCOCCN2. The molecule has 6 heterocycles. The van der Waals surface area contributed by atoms with Crippen LogP contribution in [0.3, 0.4) is 0 Å². The first-order chi connectivity index (χ1) is 28.7. The van der Waals surface area contributed by atoms with Gasteiger partial charge in [-0.25, -0.2) is 9.97 Å². The molecule has 7 aromatic rings. The molecule has 0 saturated carbocycles. The van der Waals surface area contributed by atoms with Crippen LogP contribution in [0, 0.1) is 0 Å². The second-order valence-corrected chi connectivity index (χ2v) is 13.5. The lowest BCUT2D eigenvalue weighted by Gasteiger charge is -2.11. The van der Waals surface area contributed by atoms with Crippen LogP contribution in [0.25, 0.3) is 55.6 Å². The highest BCUT2D eigenvalue weighted by molar-refractivity contribution is 6.04. The van der Waals surface area contributed by atoms with Gasteiger partial charge in [0.05, 0.1) is 81.0 Å². The predicted molar refractivity (Wildman–Crippen MR) is 226 cm³/mol. The van der Waals surface area contributed by atoms with E-state index in [2.05, 4.69) is 40.6 Å². The topological polar surface area (TPSA) is 115 Å². The lowest BCUT2D eigenvalue weighted by atomic mass is 10.1. The smallest absolute Gasteiger partial charge is 0.123 e. The van der Waals surface area contributed by atoms with E-state index in [4.69, 9.17) is 43.1 Å². The van der Waals surface area contributed by atoms with Gasteiger partial charge < -0.3 is 38.5 Å². The Labute approximate surface area is 337 Å². The van der Waals surface area contributed by atoms with Gasteiger partial charge in [0, 0.05) is 52.0 Å². The summed E-state index contributed by atoms with van der Waals surface area (Å²) in [7, 11) is 0. The fourth-order valence-electron chi connectivity index (χ4n) is 6.55. The average Bonchev–Trinajstić information content (AvgIpc) is 3.27. The van der Waals surface area contributed by atoms with Gasteiger partial charge in [0.1, 0.15) is 37.1 Å². The number of benzene rings is 4. The Morgan fingerprint density at radius 2 is 0.897 bits per heavy atom. The van der Waals surface area contributed by atoms with Crippen molar-refractivity contribution in [2.45, 2.75) is 0 Å². The Morgan fingerprint density at radius 1 is 0.397 bits per heavy atom. The van der Waals surface area contributed by atoms with E-state index in [-0.39, 0.29) is 0 Å². The van der Waals surface area contributed by atoms with Gasteiger partial charge in [-0.05, 0) is 78.9 Å². The summed E-state index contributed by atoms with van der Waals surface area (Å²) in [5.41, 5.74) is 8.23. The molecule has 3 aliphatic heterocycles. The van der Waals surface area contributed by atoms with Crippen LogP contribution in [-0.2, 0) is 18.9 Å². The maximum Gasteiger partial charge on any atom is 0.123 e. The molecule has 1 N–H and O–H groups in total. The van der Waals surface area contributed by atoms with E-state index in [9.17, 15) is 0 Å². The zero-order chi connectivity index (χ0) is 39.2. The van der Waals surface area contributed by atoms with Crippen LogP contribution in [0.15, 0.2) is 128 Å². The molecule has 0 radical (unpaired) electrons. The summed E-state index contributed by atoms with van der Waals surface area (Å²) in [6.45, 7) is 5.78. The van der Waals surface area contributed by atoms with Crippen molar-refractivity contribution in [1.29, 1.82) is 0 Å². The van der Waals surface area contributed by atoms with Crippen LogP contribution < -0.4 is 19.5 Å². The van der Waals surface area contributed by atoms with Gasteiger partial charge in [0.25, 0.3) is 0 Å². The number of nitrogens with one attached hydrogen (secondary N) is 1. The van der Waals surface area contributed by atoms with E-state index in [1.807, 2.05) is 91.0 Å². The summed E-state index contributed by atoms with van der Waals surface area (Å²) in [6.07, 6.45) is 1.75. The van der Waals surface area contributed by atoms with Crippen molar-refractivity contribution >= 4 is 27.5 Å². The number of ether oxygens (including phenoxy) is 7. The Hall–Kier alpha value is -6.11. The van der Waals surface area contributed by atoms with Gasteiger partial charge >= 0.3 is 0 Å². The van der Waals surface area contributed by atoms with Gasteiger partial charge in [-0.1, -0.05) is 36.4 Å². The molecule has 11 nitrogen and oxygen atoms in total. The normalized spacial score (nSPS) is 15.4. The fraction of sp³-hybridized carbons (Fsp3) is 0.255. The number of hydrogen-bond donors (Lipinski definition) is 1. The van der Waals surface area contributed by atoms with E-state index in [1.54, 1.807) is 6.20 Å². The molecule has 0 atom stereocenters. The van der Waals surface area contributed by atoms with Crippen molar-refractivity contribution in [2.75, 3.05) is 84.5 Å². The minimum absolute atomic E-state index is 0.417. The molecule has 3 aromatic heterocycles. The molecule has 0 fully saturated rings. The summed E-state index contributed by atoms with van der Waals surface area (Å²) in [6, 6.07) is 40.3. The van der Waals surface area contributed by atoms with Crippen LogP contribution in [0.4, 0.5) is 5.69 Å². The van der Waals surface area contributed by atoms with Crippen molar-refractivity contribution < 1.29 is 33.2 Å². The van der Waals surface area contributed by atoms with E-state index < -0.39 is 0 Å². The minimum Gasteiger partial charge on any atom is -0.491 e. The summed E-state index contributed by atoms with van der Waals surface area (Å²) < 4.78 is 40.8. The Bertz CT molecular complexity index is 2220. The summed E-state index contributed by atoms with van der Waals surface area (Å²) in [5.74, 6) is 2.27. The standard InChI is InChI=1S/C47H46N4O7/c1-2-38-32-39(3-1)48-20-21-52-22-23-53-26-29-56-40-12-6-34(7-13-40)43-16-10-36-4-5-37-11-17-44(51-47(37)46(36)50-43)35-8-14-41(15-9-35)57-30-27-54-24-25-55-28-31-58-42-18-19-49-45(38)33-42/h1-19,32-33,48H,20-31H2. The lowest BCUT2D eigenvalue weighted by molar-refractivity contribution is 0.0273. The number of pyridine rings is 3. The largest absolute Gasteiger partial charge is 0.491 e. The summed E-state index contributed by atoms with van der Waals surface area (Å²) in [5, 5.41) is 5.48. The number of nitrogens with zero attached hydrogens (tertiary/aromatic N) is 3. The first-order valence-corrected chi connectivity index (χ1v) is 19.7. The molecule has 12 bridgehead atoms. The first-order valence-electron chi connectivity index (χ1n) is 19.7. The zero-order valence-corrected chi connectivity index (χ0v) is 32.3. The summed E-state index contributed by atoms with van der Waals surface area (Å²) >= 11 is 0. The quantitative estimate of drug-likeness (QED) is 0.150. The molecule has 4 aromatic carbocycles. The molecule has 296 valence electrons. The molecular formula is C47H46N4O7. The maximum absolute atomic E-state index is 5.94. The number of hydrogen-bond acceptors (Lipinski definition) is 11. The van der Waals surface area contributed by atoms with Crippen LogP contribution in [-0.4, -0.2) is 94.2 Å².